The van der Waals surface area contributed by atoms with Crippen LogP contribution in [0.1, 0.15) is 26.7 Å². The first-order valence-corrected chi connectivity index (χ1v) is 7.14. The summed E-state index contributed by atoms with van der Waals surface area (Å²) in [6.45, 7) is 3.98. The van der Waals surface area contributed by atoms with Crippen molar-refractivity contribution in [1.29, 1.82) is 0 Å². The van der Waals surface area contributed by atoms with Gasteiger partial charge < -0.3 is 15.0 Å². The van der Waals surface area contributed by atoms with Crippen LogP contribution >= 0.6 is 0 Å². The second-order valence-corrected chi connectivity index (χ2v) is 5.18. The zero-order valence-electron chi connectivity index (χ0n) is 12.0. The predicted molar refractivity (Wildman–Crippen MR) is 76.6 cm³/mol. The molecule has 1 N–H and O–H groups in total. The van der Waals surface area contributed by atoms with Crippen LogP contribution in [-0.2, 0) is 0 Å². The highest BCUT2D eigenvalue weighted by Gasteiger charge is 2.32. The van der Waals surface area contributed by atoms with Gasteiger partial charge in [-0.05, 0) is 25.0 Å². The zero-order chi connectivity index (χ0) is 14.6. The van der Waals surface area contributed by atoms with Crippen molar-refractivity contribution < 1.29 is 13.5 Å². The van der Waals surface area contributed by atoms with E-state index in [1.165, 1.54) is 0 Å². The largest absolute Gasteiger partial charge is 0.433 e. The molecule has 0 amide bonds. The van der Waals surface area contributed by atoms with Gasteiger partial charge >= 0.3 is 6.61 Å². The van der Waals surface area contributed by atoms with E-state index in [1.807, 2.05) is 12.1 Å². The van der Waals surface area contributed by atoms with Gasteiger partial charge in [0.05, 0.1) is 5.69 Å². The number of benzene rings is 1. The molecule has 0 aromatic heterocycles. The molecule has 1 aromatic rings. The van der Waals surface area contributed by atoms with Crippen molar-refractivity contribution in [3.63, 3.8) is 0 Å². The third-order valence-electron chi connectivity index (χ3n) is 4.15. The van der Waals surface area contributed by atoms with Crippen LogP contribution in [0, 0.1) is 0 Å². The van der Waals surface area contributed by atoms with E-state index in [2.05, 4.69) is 28.8 Å². The minimum absolute atomic E-state index is 0.0518. The van der Waals surface area contributed by atoms with Gasteiger partial charge in [0.25, 0.3) is 0 Å². The number of hydrogen-bond donors (Lipinski definition) is 1. The summed E-state index contributed by atoms with van der Waals surface area (Å²) in [5, 5.41) is 3.56. The van der Waals surface area contributed by atoms with E-state index < -0.39 is 6.61 Å². The molecule has 112 valence electrons. The Morgan fingerprint density at radius 3 is 2.65 bits per heavy atom. The molecule has 2 rings (SSSR count). The Bertz CT molecular complexity index is 436. The number of rotatable bonds is 5. The van der Waals surface area contributed by atoms with Crippen LogP contribution in [0.5, 0.6) is 5.75 Å². The van der Waals surface area contributed by atoms with Crippen molar-refractivity contribution >= 4 is 5.69 Å². The number of nitrogens with one attached hydrogen (secondary N) is 1. The van der Waals surface area contributed by atoms with E-state index in [0.717, 1.165) is 38.2 Å². The Labute approximate surface area is 118 Å². The highest BCUT2D eigenvalue weighted by atomic mass is 19.3. The molecule has 0 radical (unpaired) electrons. The zero-order valence-corrected chi connectivity index (χ0v) is 12.0. The minimum atomic E-state index is -2.79. The molecule has 1 saturated heterocycles. The van der Waals surface area contributed by atoms with Crippen LogP contribution in [0.4, 0.5) is 14.5 Å². The number of halogens is 2. The van der Waals surface area contributed by atoms with Gasteiger partial charge in [0.15, 0.2) is 0 Å². The average Bonchev–Trinajstić information content (AvgIpc) is 2.47. The Balaban J connectivity index is 2.22. The summed E-state index contributed by atoms with van der Waals surface area (Å²) in [6, 6.07) is 7.02. The van der Waals surface area contributed by atoms with Crippen molar-refractivity contribution in [2.45, 2.75) is 38.8 Å². The number of hydrogen-bond acceptors (Lipinski definition) is 3. The molecule has 0 atom stereocenters. The first-order chi connectivity index (χ1) is 9.60. The fraction of sp³-hybridized carbons (Fsp3) is 0.600. The van der Waals surface area contributed by atoms with Gasteiger partial charge in [0.2, 0.25) is 0 Å². The van der Waals surface area contributed by atoms with Crippen molar-refractivity contribution in [2.24, 2.45) is 0 Å². The summed E-state index contributed by atoms with van der Waals surface area (Å²) in [7, 11) is 0. The molecule has 20 heavy (non-hydrogen) atoms. The van der Waals surface area contributed by atoms with Crippen molar-refractivity contribution in [1.82, 2.24) is 5.32 Å². The number of ether oxygens (including phenoxy) is 1. The topological polar surface area (TPSA) is 24.5 Å². The SMILES string of the molecule is CCC1(CC)CN(c2ccccc2OC(F)F)CCN1. The van der Waals surface area contributed by atoms with Gasteiger partial charge in [-0.15, -0.1) is 0 Å². The van der Waals surface area contributed by atoms with Gasteiger partial charge in [-0.25, -0.2) is 0 Å². The summed E-state index contributed by atoms with van der Waals surface area (Å²) < 4.78 is 29.6. The predicted octanol–water partition coefficient (Wildman–Crippen LogP) is 3.26. The fourth-order valence-electron chi connectivity index (χ4n) is 2.80. The van der Waals surface area contributed by atoms with Crippen LogP contribution in [0.15, 0.2) is 24.3 Å². The minimum Gasteiger partial charge on any atom is -0.433 e. The molecule has 1 heterocycles. The standard InChI is InChI=1S/C15H22F2N2O/c1-3-15(4-2)11-19(10-9-18-15)12-7-5-6-8-13(12)20-14(16)17/h5-8,14,18H,3-4,9-11H2,1-2H3. The lowest BCUT2D eigenvalue weighted by molar-refractivity contribution is -0.0495. The first kappa shape index (κ1) is 15.0. The monoisotopic (exact) mass is 284 g/mol. The van der Waals surface area contributed by atoms with Gasteiger partial charge in [-0.3, -0.25) is 0 Å². The van der Waals surface area contributed by atoms with Crippen molar-refractivity contribution in [3.8, 4) is 5.75 Å². The summed E-state index contributed by atoms with van der Waals surface area (Å²) in [5.41, 5.74) is 0.802. The molecule has 0 aliphatic carbocycles. The molecule has 5 heteroatoms. The summed E-state index contributed by atoms with van der Waals surface area (Å²) >= 11 is 0. The normalized spacial score (nSPS) is 18.4. The second kappa shape index (κ2) is 6.39. The van der Waals surface area contributed by atoms with Crippen LogP contribution in [0.3, 0.4) is 0 Å². The number of para-hydroxylation sites is 2. The van der Waals surface area contributed by atoms with Gasteiger partial charge in [0, 0.05) is 25.2 Å². The van der Waals surface area contributed by atoms with E-state index in [0.29, 0.717) is 0 Å². The van der Waals surface area contributed by atoms with Gasteiger partial charge in [0.1, 0.15) is 5.75 Å². The van der Waals surface area contributed by atoms with Crippen LogP contribution in [0.2, 0.25) is 0 Å². The lowest BCUT2D eigenvalue weighted by Crippen LogP contribution is -2.60. The Morgan fingerprint density at radius 1 is 1.30 bits per heavy atom. The lowest BCUT2D eigenvalue weighted by Gasteiger charge is -2.44. The van der Waals surface area contributed by atoms with Crippen LogP contribution < -0.4 is 15.0 Å². The highest BCUT2D eigenvalue weighted by molar-refractivity contribution is 5.59. The third kappa shape index (κ3) is 3.20. The average molecular weight is 284 g/mol. The van der Waals surface area contributed by atoms with E-state index in [9.17, 15) is 8.78 Å². The smallest absolute Gasteiger partial charge is 0.387 e. The molecule has 0 unspecified atom stereocenters. The summed E-state index contributed by atoms with van der Waals surface area (Å²) in [4.78, 5) is 2.14. The quantitative estimate of drug-likeness (QED) is 0.898. The molecule has 1 aromatic carbocycles. The second-order valence-electron chi connectivity index (χ2n) is 5.18. The molecule has 0 saturated carbocycles. The molecule has 0 bridgehead atoms. The first-order valence-electron chi connectivity index (χ1n) is 7.14. The number of piperazine rings is 1. The molecule has 1 aliphatic heterocycles. The van der Waals surface area contributed by atoms with Gasteiger partial charge in [-0.2, -0.15) is 8.78 Å². The Morgan fingerprint density at radius 2 is 2.00 bits per heavy atom. The highest BCUT2D eigenvalue weighted by Crippen LogP contribution is 2.32. The number of anilines is 1. The van der Waals surface area contributed by atoms with Crippen LogP contribution in [-0.4, -0.2) is 31.8 Å². The third-order valence-corrected chi connectivity index (χ3v) is 4.15. The Kier molecular flexibility index (Phi) is 4.81. The molecular weight excluding hydrogens is 262 g/mol. The molecular formula is C15H22F2N2O. The van der Waals surface area contributed by atoms with Gasteiger partial charge in [-0.1, -0.05) is 26.0 Å². The van der Waals surface area contributed by atoms with E-state index in [4.69, 9.17) is 0 Å². The van der Waals surface area contributed by atoms with E-state index >= 15 is 0 Å². The van der Waals surface area contributed by atoms with Crippen LogP contribution in [0.25, 0.3) is 0 Å². The number of nitrogens with zero attached hydrogens (tertiary/aromatic N) is 1. The molecule has 0 spiro atoms. The maximum atomic E-state index is 12.5. The fourth-order valence-corrected chi connectivity index (χ4v) is 2.80. The van der Waals surface area contributed by atoms with Crippen molar-refractivity contribution in [2.75, 3.05) is 24.5 Å². The maximum Gasteiger partial charge on any atom is 0.387 e. The van der Waals surface area contributed by atoms with Crippen molar-refractivity contribution in [3.05, 3.63) is 24.3 Å². The Hall–Kier alpha value is -1.36. The summed E-state index contributed by atoms with van der Waals surface area (Å²) in [6.07, 6.45) is 2.02. The molecule has 3 nitrogen and oxygen atoms in total. The van der Waals surface area contributed by atoms with E-state index in [-0.39, 0.29) is 11.3 Å². The van der Waals surface area contributed by atoms with E-state index in [1.54, 1.807) is 12.1 Å². The lowest BCUT2D eigenvalue weighted by atomic mass is 9.90. The summed E-state index contributed by atoms with van der Waals surface area (Å²) in [5.74, 6) is 0.255. The maximum absolute atomic E-state index is 12.5. The number of alkyl halides is 2. The molecule has 1 aliphatic rings. The molecule has 1 fully saturated rings.